The van der Waals surface area contributed by atoms with E-state index in [2.05, 4.69) is 41.7 Å². The Bertz CT molecular complexity index is 543. The highest BCUT2D eigenvalue weighted by Gasteiger charge is 2.16. The van der Waals surface area contributed by atoms with E-state index in [4.69, 9.17) is 0 Å². The number of nitrogens with zero attached hydrogens (tertiary/aromatic N) is 1. The van der Waals surface area contributed by atoms with Crippen LogP contribution in [0.1, 0.15) is 26.3 Å². The zero-order valence-electron chi connectivity index (χ0n) is 9.51. The van der Waals surface area contributed by atoms with E-state index in [1.165, 1.54) is 0 Å². The van der Waals surface area contributed by atoms with Gasteiger partial charge in [-0.1, -0.05) is 20.8 Å². The summed E-state index contributed by atoms with van der Waals surface area (Å²) >= 11 is 3.35. The van der Waals surface area contributed by atoms with E-state index < -0.39 is 0 Å². The molecule has 0 aliphatic heterocycles. The van der Waals surface area contributed by atoms with E-state index >= 15 is 0 Å². The molecule has 0 spiro atoms. The molecule has 16 heavy (non-hydrogen) atoms. The van der Waals surface area contributed by atoms with Crippen LogP contribution >= 0.6 is 15.9 Å². The highest BCUT2D eigenvalue weighted by atomic mass is 79.9. The van der Waals surface area contributed by atoms with Crippen molar-refractivity contribution in [3.05, 3.63) is 40.2 Å². The molecule has 0 radical (unpaired) electrons. The minimum absolute atomic E-state index is 0.0582. The van der Waals surface area contributed by atoms with Gasteiger partial charge in [-0.3, -0.25) is 4.98 Å². The van der Waals surface area contributed by atoms with E-state index in [1.54, 1.807) is 12.3 Å². The third-order valence-electron chi connectivity index (χ3n) is 2.57. The first-order chi connectivity index (χ1) is 7.38. The number of hydrogen-bond acceptors (Lipinski definition) is 1. The van der Waals surface area contributed by atoms with E-state index in [0.717, 1.165) is 15.4 Å². The molecule has 2 aromatic rings. The van der Waals surface area contributed by atoms with Gasteiger partial charge in [0.05, 0.1) is 0 Å². The van der Waals surface area contributed by atoms with E-state index in [-0.39, 0.29) is 11.2 Å². The molecule has 0 N–H and O–H groups in total. The summed E-state index contributed by atoms with van der Waals surface area (Å²) in [4.78, 5) is 4.08. The van der Waals surface area contributed by atoms with Gasteiger partial charge in [0.2, 0.25) is 0 Å². The van der Waals surface area contributed by atoms with Crippen molar-refractivity contribution in [1.29, 1.82) is 0 Å². The van der Waals surface area contributed by atoms with Gasteiger partial charge in [0.15, 0.2) is 0 Å². The molecule has 0 saturated carbocycles. The fourth-order valence-corrected chi connectivity index (χ4v) is 1.96. The van der Waals surface area contributed by atoms with Crippen LogP contribution in [0.5, 0.6) is 0 Å². The molecule has 0 aliphatic rings. The van der Waals surface area contributed by atoms with Gasteiger partial charge in [-0.15, -0.1) is 0 Å². The lowest BCUT2D eigenvalue weighted by Gasteiger charge is -2.19. The zero-order chi connectivity index (χ0) is 11.9. The monoisotopic (exact) mass is 281 g/mol. The molecular weight excluding hydrogens is 269 g/mol. The van der Waals surface area contributed by atoms with E-state index in [0.29, 0.717) is 5.52 Å². The van der Waals surface area contributed by atoms with Crippen molar-refractivity contribution >= 4 is 26.8 Å². The molecule has 1 aromatic heterocycles. The lowest BCUT2D eigenvalue weighted by atomic mass is 9.86. The maximum Gasteiger partial charge on any atom is 0.149 e. The van der Waals surface area contributed by atoms with Crippen molar-refractivity contribution in [2.24, 2.45) is 0 Å². The first-order valence-corrected chi connectivity index (χ1v) is 5.92. The van der Waals surface area contributed by atoms with Crippen LogP contribution in [0, 0.1) is 5.82 Å². The van der Waals surface area contributed by atoms with E-state index in [1.807, 2.05) is 12.1 Å². The van der Waals surface area contributed by atoms with Gasteiger partial charge in [0.25, 0.3) is 0 Å². The van der Waals surface area contributed by atoms with Crippen LogP contribution in [0.4, 0.5) is 4.39 Å². The number of rotatable bonds is 0. The van der Waals surface area contributed by atoms with E-state index in [9.17, 15) is 4.39 Å². The SMILES string of the molecule is CC(C)(C)c1cc(F)c2ncc(Br)cc2c1. The summed E-state index contributed by atoms with van der Waals surface area (Å²) in [6, 6.07) is 5.46. The fourth-order valence-electron chi connectivity index (χ4n) is 1.61. The summed E-state index contributed by atoms with van der Waals surface area (Å²) in [5, 5.41) is 0.833. The quantitative estimate of drug-likeness (QED) is 0.696. The second-order valence-electron chi connectivity index (χ2n) is 4.93. The van der Waals surface area contributed by atoms with Gasteiger partial charge in [-0.05, 0) is 45.1 Å². The van der Waals surface area contributed by atoms with Gasteiger partial charge < -0.3 is 0 Å². The number of fused-ring (bicyclic) bond motifs is 1. The first kappa shape index (κ1) is 11.5. The molecule has 1 aromatic carbocycles. The molecule has 84 valence electrons. The van der Waals surface area contributed by atoms with Crippen molar-refractivity contribution in [2.75, 3.05) is 0 Å². The lowest BCUT2D eigenvalue weighted by Crippen LogP contribution is -2.11. The number of aromatic nitrogens is 1. The molecule has 1 heterocycles. The molecular formula is C13H13BrFN. The van der Waals surface area contributed by atoms with Crippen molar-refractivity contribution in [1.82, 2.24) is 4.98 Å². The van der Waals surface area contributed by atoms with Crippen molar-refractivity contribution < 1.29 is 4.39 Å². The van der Waals surface area contributed by atoms with Crippen molar-refractivity contribution in [3.8, 4) is 0 Å². The molecule has 1 nitrogen and oxygen atoms in total. The van der Waals surface area contributed by atoms with Crippen LogP contribution < -0.4 is 0 Å². The normalized spacial score (nSPS) is 12.1. The summed E-state index contributed by atoms with van der Waals surface area (Å²) < 4.78 is 14.7. The van der Waals surface area contributed by atoms with Crippen molar-refractivity contribution in [2.45, 2.75) is 26.2 Å². The lowest BCUT2D eigenvalue weighted by molar-refractivity contribution is 0.576. The Morgan fingerprint density at radius 1 is 1.19 bits per heavy atom. The maximum atomic E-state index is 13.8. The van der Waals surface area contributed by atoms with Crippen molar-refractivity contribution in [3.63, 3.8) is 0 Å². The smallest absolute Gasteiger partial charge is 0.149 e. The van der Waals surface area contributed by atoms with Crippen LogP contribution in [0.25, 0.3) is 10.9 Å². The molecule has 0 unspecified atom stereocenters. The molecule has 0 bridgehead atoms. The van der Waals surface area contributed by atoms with Crippen LogP contribution in [0.2, 0.25) is 0 Å². The van der Waals surface area contributed by atoms with Gasteiger partial charge in [0, 0.05) is 16.1 Å². The number of benzene rings is 1. The summed E-state index contributed by atoms with van der Waals surface area (Å²) in [5.41, 5.74) is 1.35. The summed E-state index contributed by atoms with van der Waals surface area (Å²) in [5.74, 6) is -0.255. The molecule has 2 rings (SSSR count). The average molecular weight is 282 g/mol. The fraction of sp³-hybridized carbons (Fsp3) is 0.308. The Morgan fingerprint density at radius 3 is 2.50 bits per heavy atom. The van der Waals surface area contributed by atoms with Crippen LogP contribution in [-0.4, -0.2) is 4.98 Å². The second kappa shape index (κ2) is 3.81. The molecule has 3 heteroatoms. The first-order valence-electron chi connectivity index (χ1n) is 5.13. The predicted octanol–water partition coefficient (Wildman–Crippen LogP) is 4.43. The number of halogens is 2. The van der Waals surface area contributed by atoms with Crippen LogP contribution in [0.3, 0.4) is 0 Å². The third-order valence-corrected chi connectivity index (χ3v) is 3.00. The highest BCUT2D eigenvalue weighted by Crippen LogP contribution is 2.28. The zero-order valence-corrected chi connectivity index (χ0v) is 11.1. The molecule has 0 amide bonds. The number of hydrogen-bond donors (Lipinski definition) is 0. The van der Waals surface area contributed by atoms with Crippen LogP contribution in [0.15, 0.2) is 28.9 Å². The van der Waals surface area contributed by atoms with Gasteiger partial charge in [0.1, 0.15) is 11.3 Å². The predicted molar refractivity (Wildman–Crippen MR) is 68.1 cm³/mol. The Morgan fingerprint density at radius 2 is 1.88 bits per heavy atom. The Balaban J connectivity index is 2.75. The van der Waals surface area contributed by atoms with Crippen LogP contribution in [-0.2, 0) is 5.41 Å². The minimum Gasteiger partial charge on any atom is -0.252 e. The van der Waals surface area contributed by atoms with Gasteiger partial charge in [-0.2, -0.15) is 0 Å². The maximum absolute atomic E-state index is 13.8. The Kier molecular flexibility index (Phi) is 2.74. The summed E-state index contributed by atoms with van der Waals surface area (Å²) in [6.45, 7) is 6.21. The molecule has 0 atom stereocenters. The van der Waals surface area contributed by atoms with Gasteiger partial charge in [-0.25, -0.2) is 4.39 Å². The minimum atomic E-state index is -0.255. The molecule has 0 saturated heterocycles. The third kappa shape index (κ3) is 2.09. The molecule has 0 fully saturated rings. The Hall–Kier alpha value is -0.960. The largest absolute Gasteiger partial charge is 0.252 e. The second-order valence-corrected chi connectivity index (χ2v) is 5.85. The Labute approximate surface area is 103 Å². The molecule has 0 aliphatic carbocycles. The summed E-state index contributed by atoms with van der Waals surface area (Å²) in [7, 11) is 0. The standard InChI is InChI=1S/C13H13BrFN/c1-13(2,3)9-4-8-5-10(14)7-16-12(8)11(15)6-9/h4-7H,1-3H3. The topological polar surface area (TPSA) is 12.9 Å². The average Bonchev–Trinajstić information content (AvgIpc) is 2.15. The number of pyridine rings is 1. The van der Waals surface area contributed by atoms with Gasteiger partial charge >= 0.3 is 0 Å². The highest BCUT2D eigenvalue weighted by molar-refractivity contribution is 9.10. The summed E-state index contributed by atoms with van der Waals surface area (Å²) in [6.07, 6.45) is 1.61.